The van der Waals surface area contributed by atoms with E-state index in [4.69, 9.17) is 9.47 Å². The summed E-state index contributed by atoms with van der Waals surface area (Å²) in [6, 6.07) is 0. The molecule has 1 N–H and O–H groups in total. The van der Waals surface area contributed by atoms with Crippen LogP contribution in [-0.4, -0.2) is 59.4 Å². The van der Waals surface area contributed by atoms with Gasteiger partial charge in [0.05, 0.1) is 18.3 Å². The van der Waals surface area contributed by atoms with E-state index in [0.29, 0.717) is 24.7 Å². The number of ether oxygens (including phenoxy) is 2. The number of hydrogen-bond acceptors (Lipinski definition) is 8. The Hall–Kier alpha value is -1.93. The lowest BCUT2D eigenvalue weighted by molar-refractivity contribution is -0.195. The molecule has 0 aromatic carbocycles. The molecule has 204 valence electrons. The van der Waals surface area contributed by atoms with Gasteiger partial charge in [0, 0.05) is 10.8 Å². The zero-order chi connectivity index (χ0) is 27.2. The molecular weight excluding hydrogens is 492 g/mol. The molecule has 0 bridgehead atoms. The SMILES string of the molecule is CSCC(=O)OCC(=O)[C@@]1(OC(=O)C(C)CO)CC[C@H]2[C@@H]3C[C@H](C)C4=CC(=O)C=C[C@]4(C)[C@H]3CC[C@@]21C. The molecule has 0 spiro atoms. The summed E-state index contributed by atoms with van der Waals surface area (Å²) in [6.45, 7) is 7.27. The van der Waals surface area contributed by atoms with Crippen molar-refractivity contribution in [3.05, 3.63) is 23.8 Å². The van der Waals surface area contributed by atoms with Crippen LogP contribution in [0, 0.1) is 40.4 Å². The molecule has 7 nitrogen and oxygen atoms in total. The van der Waals surface area contributed by atoms with Crippen molar-refractivity contribution in [3.8, 4) is 0 Å². The van der Waals surface area contributed by atoms with Crippen molar-refractivity contribution in [3.63, 3.8) is 0 Å². The molecule has 4 aliphatic carbocycles. The number of fused-ring (bicyclic) bond motifs is 5. The molecular formula is C29H40O7S. The van der Waals surface area contributed by atoms with E-state index in [1.165, 1.54) is 17.3 Å². The number of esters is 2. The minimum atomic E-state index is -1.40. The van der Waals surface area contributed by atoms with E-state index in [9.17, 15) is 24.3 Å². The van der Waals surface area contributed by atoms with Crippen LogP contribution in [0.15, 0.2) is 23.8 Å². The van der Waals surface area contributed by atoms with Gasteiger partial charge in [0.15, 0.2) is 18.0 Å². The van der Waals surface area contributed by atoms with Gasteiger partial charge in [-0.1, -0.05) is 32.4 Å². The van der Waals surface area contributed by atoms with Crippen LogP contribution in [0.25, 0.3) is 0 Å². The number of hydrogen-bond donors (Lipinski definition) is 1. The summed E-state index contributed by atoms with van der Waals surface area (Å²) >= 11 is 1.32. The van der Waals surface area contributed by atoms with Gasteiger partial charge in [0.1, 0.15) is 0 Å². The predicted octanol–water partition coefficient (Wildman–Crippen LogP) is 3.93. The number of aliphatic hydroxyl groups excluding tert-OH is 1. The Balaban J connectivity index is 1.68. The first-order chi connectivity index (χ1) is 17.4. The Kier molecular flexibility index (Phi) is 7.84. The van der Waals surface area contributed by atoms with Crippen LogP contribution in [0.5, 0.6) is 0 Å². The highest BCUT2D eigenvalue weighted by Gasteiger charge is 2.69. The monoisotopic (exact) mass is 532 g/mol. The first kappa shape index (κ1) is 28.1. The summed E-state index contributed by atoms with van der Waals surface area (Å²) in [5.74, 6) is -1.00. The minimum absolute atomic E-state index is 0.0461. The van der Waals surface area contributed by atoms with E-state index in [2.05, 4.69) is 26.8 Å². The third-order valence-electron chi connectivity index (χ3n) is 10.0. The fraction of sp³-hybridized carbons (Fsp3) is 0.724. The second-order valence-electron chi connectivity index (χ2n) is 12.0. The van der Waals surface area contributed by atoms with Gasteiger partial charge in [-0.3, -0.25) is 19.2 Å². The largest absolute Gasteiger partial charge is 0.457 e. The van der Waals surface area contributed by atoms with Crippen molar-refractivity contribution in [2.24, 2.45) is 40.4 Å². The number of rotatable bonds is 8. The lowest BCUT2D eigenvalue weighted by Gasteiger charge is -2.59. The number of allylic oxidation sites excluding steroid dienone is 4. The van der Waals surface area contributed by atoms with Gasteiger partial charge in [-0.2, -0.15) is 11.8 Å². The molecule has 0 amide bonds. The quantitative estimate of drug-likeness (QED) is 0.469. The van der Waals surface area contributed by atoms with Gasteiger partial charge in [-0.15, -0.1) is 0 Å². The number of carbonyl (C=O) groups is 4. The molecule has 0 heterocycles. The smallest absolute Gasteiger partial charge is 0.316 e. The first-order valence-corrected chi connectivity index (χ1v) is 14.8. The summed E-state index contributed by atoms with van der Waals surface area (Å²) in [5, 5.41) is 9.58. The number of carbonyl (C=O) groups excluding carboxylic acids is 4. The number of aliphatic hydroxyl groups is 1. The Morgan fingerprint density at radius 1 is 1.19 bits per heavy atom. The minimum Gasteiger partial charge on any atom is -0.457 e. The molecule has 0 saturated heterocycles. The summed E-state index contributed by atoms with van der Waals surface area (Å²) < 4.78 is 11.4. The number of Topliss-reactive ketones (excluding diaryl/α,β-unsaturated/α-hetero) is 1. The zero-order valence-electron chi connectivity index (χ0n) is 22.6. The van der Waals surface area contributed by atoms with E-state index in [1.807, 2.05) is 6.08 Å². The van der Waals surface area contributed by atoms with Crippen molar-refractivity contribution in [1.82, 2.24) is 0 Å². The molecule has 3 saturated carbocycles. The van der Waals surface area contributed by atoms with Crippen LogP contribution in [0.3, 0.4) is 0 Å². The van der Waals surface area contributed by atoms with Crippen LogP contribution in [-0.2, 0) is 28.7 Å². The maximum atomic E-state index is 13.9. The van der Waals surface area contributed by atoms with Crippen LogP contribution >= 0.6 is 11.8 Å². The van der Waals surface area contributed by atoms with Crippen molar-refractivity contribution in [1.29, 1.82) is 0 Å². The van der Waals surface area contributed by atoms with Gasteiger partial charge < -0.3 is 14.6 Å². The number of thioether (sulfide) groups is 1. The predicted molar refractivity (Wildman–Crippen MR) is 141 cm³/mol. The Morgan fingerprint density at radius 3 is 2.57 bits per heavy atom. The third-order valence-corrected chi connectivity index (χ3v) is 10.5. The summed E-state index contributed by atoms with van der Waals surface area (Å²) in [4.78, 5) is 51.1. The lowest BCUT2D eigenvalue weighted by atomic mass is 9.45. The molecule has 4 aliphatic rings. The van der Waals surface area contributed by atoms with Crippen molar-refractivity contribution < 1.29 is 33.8 Å². The molecule has 37 heavy (non-hydrogen) atoms. The molecule has 8 heteroatoms. The second-order valence-corrected chi connectivity index (χ2v) is 12.8. The highest BCUT2D eigenvalue weighted by atomic mass is 32.2. The van der Waals surface area contributed by atoms with Crippen LogP contribution < -0.4 is 0 Å². The Labute approximate surface area is 223 Å². The molecule has 4 rings (SSSR count). The fourth-order valence-electron chi connectivity index (χ4n) is 8.07. The van der Waals surface area contributed by atoms with Crippen molar-refractivity contribution in [2.75, 3.05) is 25.2 Å². The molecule has 8 atom stereocenters. The van der Waals surface area contributed by atoms with E-state index >= 15 is 0 Å². The van der Waals surface area contributed by atoms with E-state index in [1.54, 1.807) is 19.3 Å². The van der Waals surface area contributed by atoms with Crippen LogP contribution in [0.4, 0.5) is 0 Å². The van der Waals surface area contributed by atoms with Crippen LogP contribution in [0.1, 0.15) is 59.8 Å². The van der Waals surface area contributed by atoms with Gasteiger partial charge in [0.2, 0.25) is 5.78 Å². The van der Waals surface area contributed by atoms with Gasteiger partial charge in [0.25, 0.3) is 0 Å². The Bertz CT molecular complexity index is 1030. The Morgan fingerprint density at radius 2 is 1.89 bits per heavy atom. The number of ketones is 2. The maximum Gasteiger partial charge on any atom is 0.316 e. The maximum absolute atomic E-state index is 13.9. The summed E-state index contributed by atoms with van der Waals surface area (Å²) in [6.07, 6.45) is 10.9. The van der Waals surface area contributed by atoms with Crippen molar-refractivity contribution in [2.45, 2.75) is 65.4 Å². The van der Waals surface area contributed by atoms with Crippen molar-refractivity contribution >= 4 is 35.3 Å². The topological polar surface area (TPSA) is 107 Å². The summed E-state index contributed by atoms with van der Waals surface area (Å²) in [7, 11) is 0. The molecule has 0 aromatic rings. The van der Waals surface area contributed by atoms with E-state index < -0.39 is 35.5 Å². The normalized spacial score (nSPS) is 39.1. The summed E-state index contributed by atoms with van der Waals surface area (Å²) in [5.41, 5.74) is -1.02. The average Bonchev–Trinajstić information content (AvgIpc) is 3.16. The van der Waals surface area contributed by atoms with Gasteiger partial charge in [-0.05, 0) is 81.1 Å². The molecule has 0 aliphatic heterocycles. The van der Waals surface area contributed by atoms with Crippen LogP contribution in [0.2, 0.25) is 0 Å². The second kappa shape index (κ2) is 10.3. The van der Waals surface area contributed by atoms with E-state index in [-0.39, 0.29) is 41.2 Å². The van der Waals surface area contributed by atoms with Gasteiger partial charge >= 0.3 is 11.9 Å². The highest BCUT2D eigenvalue weighted by Crippen LogP contribution is 2.68. The average molecular weight is 533 g/mol. The highest BCUT2D eigenvalue weighted by molar-refractivity contribution is 7.99. The fourth-order valence-corrected chi connectivity index (χ4v) is 8.38. The van der Waals surface area contributed by atoms with Gasteiger partial charge in [-0.25, -0.2) is 0 Å². The first-order valence-electron chi connectivity index (χ1n) is 13.4. The molecule has 3 fully saturated rings. The van der Waals surface area contributed by atoms with E-state index in [0.717, 1.165) is 19.3 Å². The molecule has 0 radical (unpaired) electrons. The molecule has 1 unspecified atom stereocenters. The third kappa shape index (κ3) is 4.52. The lowest BCUT2D eigenvalue weighted by Crippen LogP contribution is -2.60. The molecule has 0 aromatic heterocycles. The zero-order valence-corrected chi connectivity index (χ0v) is 23.4. The standard InChI is InChI=1S/C29H40O7S/c1-17-12-20-21(27(3)9-6-19(31)13-23(17)27)7-10-28(4)22(20)8-11-29(28,36-26(34)18(2)14-30)24(32)15-35-25(33)16-37-5/h6,9,13,17-18,20-22,30H,7-8,10-12,14-16H2,1-5H3/t17-,18?,20+,21-,22-,27+,28-,29-/m0/s1.